The first-order chi connectivity index (χ1) is 16.2. The van der Waals surface area contributed by atoms with Crippen LogP contribution in [0.25, 0.3) is 0 Å². The molecule has 1 aliphatic rings. The van der Waals surface area contributed by atoms with Crippen molar-refractivity contribution in [2.24, 2.45) is 0 Å². The van der Waals surface area contributed by atoms with Crippen molar-refractivity contribution < 1.29 is 31.2 Å². The Labute approximate surface area is 200 Å². The number of carbonyl (C=O) groups excluding carboxylic acids is 2. The predicted octanol–water partition coefficient (Wildman–Crippen LogP) is 3.84. The minimum atomic E-state index is -5.56. The quantitative estimate of drug-likeness (QED) is 0.563. The molecule has 0 unspecified atom stereocenters. The molecule has 1 aromatic heterocycles. The van der Waals surface area contributed by atoms with Crippen molar-refractivity contribution in [3.8, 4) is 6.07 Å². The molecule has 0 aliphatic carbocycles. The minimum Gasteiger partial charge on any atom is -0.367 e. The van der Waals surface area contributed by atoms with E-state index in [9.17, 15) is 31.2 Å². The lowest BCUT2D eigenvalue weighted by molar-refractivity contribution is -0.123. The second kappa shape index (κ2) is 9.18. The number of sulfone groups is 1. The first kappa shape index (κ1) is 26.0. The summed E-state index contributed by atoms with van der Waals surface area (Å²) in [7, 11) is -5.56. The average Bonchev–Trinajstić information content (AvgIpc) is 2.93. The fourth-order valence-corrected chi connectivity index (χ4v) is 4.27. The molecule has 186 valence electrons. The lowest BCUT2D eigenvalue weighted by Gasteiger charge is -2.27. The number of rotatable bonds is 7. The van der Waals surface area contributed by atoms with E-state index in [4.69, 9.17) is 5.26 Å². The van der Waals surface area contributed by atoms with Crippen molar-refractivity contribution in [1.82, 2.24) is 9.88 Å². The van der Waals surface area contributed by atoms with Crippen LogP contribution in [0.1, 0.15) is 32.8 Å². The van der Waals surface area contributed by atoms with Crippen LogP contribution in [0.3, 0.4) is 0 Å². The number of benzene rings is 1. The van der Waals surface area contributed by atoms with Crippen LogP contribution in [0, 0.1) is 11.3 Å². The van der Waals surface area contributed by atoms with Gasteiger partial charge >= 0.3 is 11.5 Å². The second-order valence-corrected chi connectivity index (χ2v) is 10.4. The molecule has 2 heterocycles. The van der Waals surface area contributed by atoms with Gasteiger partial charge in [0.05, 0.1) is 23.1 Å². The fourth-order valence-electron chi connectivity index (χ4n) is 3.51. The largest absolute Gasteiger partial charge is 0.501 e. The number of halogens is 3. The minimum absolute atomic E-state index is 0.0262. The number of imide groups is 1. The summed E-state index contributed by atoms with van der Waals surface area (Å²) >= 11 is 0. The number of nitrogens with one attached hydrogen (secondary N) is 1. The van der Waals surface area contributed by atoms with Gasteiger partial charge in [0.2, 0.25) is 0 Å². The molecule has 1 N–H and O–H groups in total. The third-order valence-electron chi connectivity index (χ3n) is 5.49. The number of alkyl halides is 3. The van der Waals surface area contributed by atoms with Crippen molar-refractivity contribution in [3.05, 3.63) is 48.2 Å². The maximum Gasteiger partial charge on any atom is 0.501 e. The Morgan fingerprint density at radius 2 is 1.80 bits per heavy atom. The van der Waals surface area contributed by atoms with Crippen LogP contribution in [0.5, 0.6) is 0 Å². The highest BCUT2D eigenvalue weighted by Gasteiger charge is 2.52. The maximum absolute atomic E-state index is 13.2. The van der Waals surface area contributed by atoms with Gasteiger partial charge < -0.3 is 10.2 Å². The highest BCUT2D eigenvalue weighted by Crippen LogP contribution is 2.35. The van der Waals surface area contributed by atoms with Gasteiger partial charge in [0.15, 0.2) is 0 Å². The fraction of sp³-hybridized carbons (Fsp3) is 0.364. The molecule has 1 saturated heterocycles. The molecule has 0 bridgehead atoms. The Morgan fingerprint density at radius 3 is 2.37 bits per heavy atom. The molecule has 1 fully saturated rings. The molecule has 0 saturated carbocycles. The number of urea groups is 1. The van der Waals surface area contributed by atoms with Crippen LogP contribution < -0.4 is 10.2 Å². The van der Waals surface area contributed by atoms with Crippen molar-refractivity contribution in [3.63, 3.8) is 0 Å². The zero-order valence-corrected chi connectivity index (χ0v) is 19.8. The molecule has 1 aliphatic heterocycles. The molecule has 3 rings (SSSR count). The van der Waals surface area contributed by atoms with Gasteiger partial charge in [-0.2, -0.15) is 18.4 Å². The van der Waals surface area contributed by atoms with Gasteiger partial charge in [-0.25, -0.2) is 23.1 Å². The van der Waals surface area contributed by atoms with Crippen LogP contribution in [0.2, 0.25) is 0 Å². The summed E-state index contributed by atoms with van der Waals surface area (Å²) in [6.45, 7) is 4.90. The van der Waals surface area contributed by atoms with E-state index in [1.54, 1.807) is 12.1 Å². The molecule has 9 nitrogen and oxygen atoms in total. The number of anilines is 2. The smallest absolute Gasteiger partial charge is 0.367 e. The molecular weight excluding hydrogens is 487 g/mol. The first-order valence-electron chi connectivity index (χ1n) is 10.4. The maximum atomic E-state index is 13.2. The number of carbonyl (C=O) groups is 2. The van der Waals surface area contributed by atoms with E-state index in [2.05, 4.69) is 10.3 Å². The number of nitrogens with zero attached hydrogens (tertiary/aromatic N) is 4. The van der Waals surface area contributed by atoms with Gasteiger partial charge in [0.25, 0.3) is 15.7 Å². The van der Waals surface area contributed by atoms with Crippen LogP contribution in [-0.2, 0) is 21.2 Å². The summed E-state index contributed by atoms with van der Waals surface area (Å²) in [6.07, 6.45) is 1.78. The zero-order chi connectivity index (χ0) is 26.2. The van der Waals surface area contributed by atoms with Gasteiger partial charge in [0, 0.05) is 18.8 Å². The summed E-state index contributed by atoms with van der Waals surface area (Å²) in [5.74, 6) is -0.136. The van der Waals surface area contributed by atoms with Crippen LogP contribution in [-0.4, -0.2) is 47.3 Å². The Balaban J connectivity index is 1.86. The topological polar surface area (TPSA) is 123 Å². The van der Waals surface area contributed by atoms with Crippen molar-refractivity contribution in [2.45, 2.75) is 55.7 Å². The van der Waals surface area contributed by atoms with Crippen LogP contribution in [0.4, 0.5) is 29.5 Å². The molecule has 0 spiro atoms. The summed E-state index contributed by atoms with van der Waals surface area (Å²) in [5, 5.41) is 11.9. The lowest BCUT2D eigenvalue weighted by atomic mass is 10.0. The highest BCUT2D eigenvalue weighted by atomic mass is 32.2. The van der Waals surface area contributed by atoms with Gasteiger partial charge in [-0.05, 0) is 62.7 Å². The predicted molar refractivity (Wildman–Crippen MR) is 120 cm³/mol. The monoisotopic (exact) mass is 509 g/mol. The van der Waals surface area contributed by atoms with Crippen LogP contribution in [0.15, 0.2) is 47.5 Å². The van der Waals surface area contributed by atoms with E-state index in [0.717, 1.165) is 17.0 Å². The first-order valence-corrected chi connectivity index (χ1v) is 11.8. The Bertz CT molecular complexity index is 1290. The number of pyridine rings is 1. The summed E-state index contributed by atoms with van der Waals surface area (Å²) in [5.41, 5.74) is -6.18. The molecular formula is C22H22F3N5O4S. The molecule has 1 aromatic carbocycles. The Hall–Kier alpha value is -3.66. The van der Waals surface area contributed by atoms with Crippen molar-refractivity contribution >= 4 is 33.3 Å². The molecule has 1 atom stereocenters. The van der Waals surface area contributed by atoms with Crippen molar-refractivity contribution in [1.29, 1.82) is 5.26 Å². The number of hydrogen-bond acceptors (Lipinski definition) is 7. The van der Waals surface area contributed by atoms with Gasteiger partial charge in [-0.15, -0.1) is 0 Å². The second-order valence-electron chi connectivity index (χ2n) is 8.47. The van der Waals surface area contributed by atoms with Gasteiger partial charge in [0.1, 0.15) is 11.4 Å². The summed E-state index contributed by atoms with van der Waals surface area (Å²) in [4.78, 5) is 31.6. The number of amides is 3. The standard InChI is InChI=1S/C22H22F3N5O4S/c1-14(8-10-26)28-18-12-15(9-11-27-18)13-29-20(32)30(19(31)21(29,2)3)16-4-6-17(7-5-16)35(33,34)22(23,24)25/h4-7,9,11-12,14H,8,13H2,1-3H3,(H,27,28)/t14-/m1/s1. The van der Waals surface area contributed by atoms with Gasteiger partial charge in [-0.1, -0.05) is 0 Å². The van der Waals surface area contributed by atoms with E-state index < -0.39 is 37.7 Å². The van der Waals surface area contributed by atoms with Crippen LogP contribution >= 0.6 is 0 Å². The third-order valence-corrected chi connectivity index (χ3v) is 6.99. The van der Waals surface area contributed by atoms with E-state index in [1.807, 2.05) is 13.0 Å². The number of aromatic nitrogens is 1. The number of hydrogen-bond donors (Lipinski definition) is 1. The highest BCUT2D eigenvalue weighted by molar-refractivity contribution is 7.92. The molecule has 0 radical (unpaired) electrons. The lowest BCUT2D eigenvalue weighted by Crippen LogP contribution is -2.43. The normalized spacial score (nSPS) is 16.8. The van der Waals surface area contributed by atoms with E-state index in [1.165, 1.54) is 24.9 Å². The van der Waals surface area contributed by atoms with E-state index in [-0.39, 0.29) is 24.7 Å². The Morgan fingerprint density at radius 1 is 1.17 bits per heavy atom. The summed E-state index contributed by atoms with van der Waals surface area (Å²) < 4.78 is 61.6. The van der Waals surface area contributed by atoms with Crippen molar-refractivity contribution in [2.75, 3.05) is 10.2 Å². The third kappa shape index (κ3) is 4.93. The Kier molecular flexibility index (Phi) is 6.81. The molecule has 3 amide bonds. The summed E-state index contributed by atoms with van der Waals surface area (Å²) in [6, 6.07) is 7.90. The molecule has 13 heteroatoms. The van der Waals surface area contributed by atoms with Gasteiger partial charge in [-0.3, -0.25) is 4.79 Å². The average molecular weight is 510 g/mol. The zero-order valence-electron chi connectivity index (χ0n) is 19.0. The SMILES string of the molecule is C[C@H](CC#N)Nc1cc(CN2C(=O)N(c3ccc(S(=O)(=O)C(F)(F)F)cc3)C(=O)C2(C)C)ccn1. The number of nitriles is 1. The van der Waals surface area contributed by atoms with E-state index in [0.29, 0.717) is 23.5 Å². The molecule has 35 heavy (non-hydrogen) atoms. The molecule has 2 aromatic rings. The van der Waals surface area contributed by atoms with E-state index >= 15 is 0 Å².